The predicted octanol–water partition coefficient (Wildman–Crippen LogP) is 1.45. The fourth-order valence-electron chi connectivity index (χ4n) is 2.60. The first-order chi connectivity index (χ1) is 11.9. The van der Waals surface area contributed by atoms with Crippen molar-refractivity contribution in [2.75, 3.05) is 24.1 Å². The largest absolute Gasteiger partial charge is 0.486 e. The average molecular weight is 362 g/mol. The number of nitrogens with zero attached hydrogens (tertiary/aromatic N) is 1. The number of carbonyl (C=O) groups is 1. The van der Waals surface area contributed by atoms with Crippen LogP contribution < -0.4 is 19.5 Å². The molecular weight excluding hydrogens is 344 g/mol. The number of hydrogen-bond acceptors (Lipinski definition) is 5. The van der Waals surface area contributed by atoms with Crippen LogP contribution in [-0.2, 0) is 14.8 Å². The number of aryl methyl sites for hydroxylation is 1. The molecule has 7 nitrogen and oxygen atoms in total. The van der Waals surface area contributed by atoms with Gasteiger partial charge in [0.2, 0.25) is 5.91 Å². The van der Waals surface area contributed by atoms with Gasteiger partial charge in [0.25, 0.3) is 10.0 Å². The van der Waals surface area contributed by atoms with Gasteiger partial charge >= 0.3 is 0 Å². The van der Waals surface area contributed by atoms with Crippen molar-refractivity contribution in [2.24, 2.45) is 5.73 Å². The molecule has 2 aromatic rings. The van der Waals surface area contributed by atoms with Crippen molar-refractivity contribution in [1.29, 1.82) is 0 Å². The molecule has 1 aliphatic rings. The van der Waals surface area contributed by atoms with Crippen LogP contribution >= 0.6 is 0 Å². The molecule has 1 amide bonds. The molecular formula is C17H18N2O5S. The smallest absolute Gasteiger partial charge is 0.264 e. The first-order valence-electron chi connectivity index (χ1n) is 7.66. The summed E-state index contributed by atoms with van der Waals surface area (Å²) in [4.78, 5) is 11.5. The predicted molar refractivity (Wildman–Crippen MR) is 92.3 cm³/mol. The van der Waals surface area contributed by atoms with E-state index in [1.54, 1.807) is 37.3 Å². The maximum atomic E-state index is 13.1. The van der Waals surface area contributed by atoms with Gasteiger partial charge in [0, 0.05) is 6.07 Å². The maximum Gasteiger partial charge on any atom is 0.264 e. The second-order valence-corrected chi connectivity index (χ2v) is 7.43. The third kappa shape index (κ3) is 3.39. The van der Waals surface area contributed by atoms with Crippen LogP contribution in [0.5, 0.6) is 11.5 Å². The number of carbonyl (C=O) groups excluding carboxylic acids is 1. The van der Waals surface area contributed by atoms with Gasteiger partial charge in [-0.3, -0.25) is 9.10 Å². The Hall–Kier alpha value is -2.74. The van der Waals surface area contributed by atoms with Crippen LogP contribution in [0, 0.1) is 6.92 Å². The first-order valence-corrected chi connectivity index (χ1v) is 9.10. The molecule has 1 heterocycles. The Morgan fingerprint density at radius 2 is 1.80 bits per heavy atom. The molecule has 0 fully saturated rings. The summed E-state index contributed by atoms with van der Waals surface area (Å²) in [5, 5.41) is 0. The monoisotopic (exact) mass is 362 g/mol. The molecule has 0 unspecified atom stereocenters. The van der Waals surface area contributed by atoms with Gasteiger partial charge in [0.15, 0.2) is 11.5 Å². The molecule has 0 aromatic heterocycles. The lowest BCUT2D eigenvalue weighted by Crippen LogP contribution is -2.39. The van der Waals surface area contributed by atoms with Crippen LogP contribution in [0.15, 0.2) is 47.4 Å². The number of rotatable bonds is 5. The number of para-hydroxylation sites is 1. The number of benzene rings is 2. The molecule has 0 bridgehead atoms. The van der Waals surface area contributed by atoms with E-state index in [9.17, 15) is 13.2 Å². The number of hydrogen-bond donors (Lipinski definition) is 1. The van der Waals surface area contributed by atoms with Crippen molar-refractivity contribution in [3.8, 4) is 11.5 Å². The Morgan fingerprint density at radius 1 is 1.12 bits per heavy atom. The highest BCUT2D eigenvalue weighted by molar-refractivity contribution is 7.92. The Morgan fingerprint density at radius 3 is 2.48 bits per heavy atom. The second kappa shape index (κ2) is 6.64. The van der Waals surface area contributed by atoms with E-state index in [0.29, 0.717) is 36.0 Å². The quantitative estimate of drug-likeness (QED) is 0.868. The lowest BCUT2D eigenvalue weighted by atomic mass is 10.2. The third-order valence-corrected chi connectivity index (χ3v) is 5.54. The summed E-state index contributed by atoms with van der Waals surface area (Å²) in [6.45, 7) is 2.07. The summed E-state index contributed by atoms with van der Waals surface area (Å²) in [6.07, 6.45) is 0. The molecule has 3 rings (SSSR count). The number of amides is 1. The first kappa shape index (κ1) is 17.1. The Kier molecular flexibility index (Phi) is 4.54. The van der Waals surface area contributed by atoms with Gasteiger partial charge < -0.3 is 15.2 Å². The molecule has 0 atom stereocenters. The van der Waals surface area contributed by atoms with Crippen LogP contribution in [0.4, 0.5) is 5.69 Å². The van der Waals surface area contributed by atoms with E-state index < -0.39 is 22.5 Å². The lowest BCUT2D eigenvalue weighted by molar-refractivity contribution is -0.116. The van der Waals surface area contributed by atoms with Crippen LogP contribution in [-0.4, -0.2) is 34.1 Å². The lowest BCUT2D eigenvalue weighted by Gasteiger charge is -2.25. The molecule has 2 N–H and O–H groups in total. The van der Waals surface area contributed by atoms with Crippen molar-refractivity contribution in [3.05, 3.63) is 48.0 Å². The van der Waals surface area contributed by atoms with E-state index in [1.165, 1.54) is 12.1 Å². The van der Waals surface area contributed by atoms with E-state index in [4.69, 9.17) is 15.2 Å². The van der Waals surface area contributed by atoms with E-state index >= 15 is 0 Å². The van der Waals surface area contributed by atoms with Crippen molar-refractivity contribution in [1.82, 2.24) is 0 Å². The van der Waals surface area contributed by atoms with Gasteiger partial charge in [0.1, 0.15) is 19.8 Å². The zero-order chi connectivity index (χ0) is 18.0. The minimum Gasteiger partial charge on any atom is -0.486 e. The number of ether oxygens (including phenoxy) is 2. The number of primary amides is 1. The van der Waals surface area contributed by atoms with Crippen LogP contribution in [0.1, 0.15) is 5.56 Å². The van der Waals surface area contributed by atoms with E-state index in [0.717, 1.165) is 4.31 Å². The molecule has 0 spiro atoms. The highest BCUT2D eigenvalue weighted by Crippen LogP contribution is 2.34. The second-order valence-electron chi connectivity index (χ2n) is 5.57. The highest BCUT2D eigenvalue weighted by atomic mass is 32.2. The SMILES string of the molecule is Cc1ccccc1N(CC(N)=O)S(=O)(=O)c1ccc2c(c1)OCCO2. The summed E-state index contributed by atoms with van der Waals surface area (Å²) in [5.74, 6) is 0.100. The molecule has 0 saturated carbocycles. The Balaban J connectivity index is 2.08. The standard InChI is InChI=1S/C17H18N2O5S/c1-12-4-2-3-5-14(12)19(11-17(18)20)25(21,22)13-6-7-15-16(10-13)24-9-8-23-15/h2-7,10H,8-9,11H2,1H3,(H2,18,20). The summed E-state index contributed by atoms with van der Waals surface area (Å²) in [6, 6.07) is 11.3. The van der Waals surface area contributed by atoms with Crippen molar-refractivity contribution < 1.29 is 22.7 Å². The summed E-state index contributed by atoms with van der Waals surface area (Å²) < 4.78 is 38.1. The number of anilines is 1. The molecule has 8 heteroatoms. The topological polar surface area (TPSA) is 98.9 Å². The van der Waals surface area contributed by atoms with Gasteiger partial charge in [-0.2, -0.15) is 0 Å². The maximum absolute atomic E-state index is 13.1. The van der Waals surface area contributed by atoms with Crippen molar-refractivity contribution in [2.45, 2.75) is 11.8 Å². The van der Waals surface area contributed by atoms with Gasteiger partial charge in [-0.15, -0.1) is 0 Å². The molecule has 2 aromatic carbocycles. The van der Waals surface area contributed by atoms with Crippen LogP contribution in [0.3, 0.4) is 0 Å². The van der Waals surface area contributed by atoms with E-state index in [-0.39, 0.29) is 4.90 Å². The molecule has 0 radical (unpaired) electrons. The van der Waals surface area contributed by atoms with Crippen LogP contribution in [0.2, 0.25) is 0 Å². The van der Waals surface area contributed by atoms with Gasteiger partial charge in [-0.1, -0.05) is 18.2 Å². The van der Waals surface area contributed by atoms with Crippen LogP contribution in [0.25, 0.3) is 0 Å². The normalized spacial score (nSPS) is 13.3. The molecule has 0 aliphatic carbocycles. The molecule has 0 saturated heterocycles. The zero-order valence-corrected chi connectivity index (χ0v) is 14.5. The molecule has 1 aliphatic heterocycles. The number of sulfonamides is 1. The average Bonchev–Trinajstić information content (AvgIpc) is 2.59. The summed E-state index contributed by atoms with van der Waals surface area (Å²) in [5.41, 5.74) is 6.39. The Bertz CT molecular complexity index is 911. The number of nitrogens with two attached hydrogens (primary N) is 1. The summed E-state index contributed by atoms with van der Waals surface area (Å²) in [7, 11) is -4.01. The van der Waals surface area contributed by atoms with Gasteiger partial charge in [-0.25, -0.2) is 8.42 Å². The fraction of sp³-hybridized carbons (Fsp3) is 0.235. The minimum atomic E-state index is -4.01. The number of fused-ring (bicyclic) bond motifs is 1. The Labute approximate surface area is 146 Å². The molecule has 132 valence electrons. The third-order valence-electron chi connectivity index (χ3n) is 3.79. The van der Waals surface area contributed by atoms with Gasteiger partial charge in [0.05, 0.1) is 10.6 Å². The minimum absolute atomic E-state index is 0.00116. The fourth-order valence-corrected chi connectivity index (χ4v) is 4.11. The van der Waals surface area contributed by atoms with Gasteiger partial charge in [-0.05, 0) is 30.7 Å². The van der Waals surface area contributed by atoms with E-state index in [1.807, 2.05) is 0 Å². The van der Waals surface area contributed by atoms with Crippen molar-refractivity contribution in [3.63, 3.8) is 0 Å². The molecule has 25 heavy (non-hydrogen) atoms. The zero-order valence-electron chi connectivity index (χ0n) is 13.6. The highest BCUT2D eigenvalue weighted by Gasteiger charge is 2.29. The van der Waals surface area contributed by atoms with Crippen molar-refractivity contribution >= 4 is 21.6 Å². The summed E-state index contributed by atoms with van der Waals surface area (Å²) >= 11 is 0. The van der Waals surface area contributed by atoms with E-state index in [2.05, 4.69) is 0 Å².